The van der Waals surface area contributed by atoms with Crippen LogP contribution in [0.4, 0.5) is 10.1 Å². The van der Waals surface area contributed by atoms with E-state index in [1.165, 1.54) is 30.3 Å². The van der Waals surface area contributed by atoms with Crippen molar-refractivity contribution in [3.63, 3.8) is 0 Å². The van der Waals surface area contributed by atoms with E-state index in [1.807, 2.05) is 24.3 Å². The summed E-state index contributed by atoms with van der Waals surface area (Å²) in [4.78, 5) is 42.6. The monoisotopic (exact) mass is 509 g/mol. The van der Waals surface area contributed by atoms with E-state index < -0.39 is 17.1 Å². The molecule has 0 fully saturated rings. The van der Waals surface area contributed by atoms with Crippen molar-refractivity contribution in [2.75, 3.05) is 11.1 Å². The lowest BCUT2D eigenvalue weighted by Crippen LogP contribution is -2.37. The van der Waals surface area contributed by atoms with Crippen molar-refractivity contribution in [1.29, 1.82) is 0 Å². The zero-order chi connectivity index (χ0) is 26.0. The number of hydrogen-bond acceptors (Lipinski definition) is 5. The Balaban J connectivity index is 1.63. The van der Waals surface area contributed by atoms with E-state index in [1.54, 1.807) is 22.8 Å². The van der Waals surface area contributed by atoms with Crippen LogP contribution >= 0.6 is 11.8 Å². The van der Waals surface area contributed by atoms with Crippen LogP contribution in [0.1, 0.15) is 37.3 Å². The topological polar surface area (TPSA) is 90.9 Å². The minimum Gasteiger partial charge on any atom is -0.325 e. The summed E-state index contributed by atoms with van der Waals surface area (Å²) in [7, 11) is 2.91. The van der Waals surface area contributed by atoms with E-state index in [2.05, 4.69) is 24.1 Å². The molecule has 0 aliphatic rings. The number of aromatic nitrogens is 4. The van der Waals surface area contributed by atoms with Gasteiger partial charge in [0.2, 0.25) is 5.91 Å². The Bertz CT molecular complexity index is 1540. The van der Waals surface area contributed by atoms with Gasteiger partial charge in [-0.1, -0.05) is 55.9 Å². The van der Waals surface area contributed by atoms with Gasteiger partial charge in [-0.25, -0.2) is 14.2 Å². The third kappa shape index (κ3) is 4.99. The second kappa shape index (κ2) is 10.5. The molecule has 1 N–H and O–H groups in total. The molecular weight excluding hydrogens is 481 g/mol. The molecule has 0 saturated heterocycles. The van der Waals surface area contributed by atoms with Crippen LogP contribution in [0.25, 0.3) is 11.2 Å². The number of hydrogen-bond donors (Lipinski definition) is 1. The van der Waals surface area contributed by atoms with Crippen LogP contribution in [0.2, 0.25) is 0 Å². The highest BCUT2D eigenvalue weighted by atomic mass is 32.2. The third-order valence-electron chi connectivity index (χ3n) is 6.31. The van der Waals surface area contributed by atoms with Crippen LogP contribution in [0.15, 0.2) is 63.3 Å². The average Bonchev–Trinajstić information content (AvgIpc) is 3.24. The summed E-state index contributed by atoms with van der Waals surface area (Å²) in [6.45, 7) is 4.31. The van der Waals surface area contributed by atoms with Gasteiger partial charge in [-0.05, 0) is 36.1 Å². The lowest BCUT2D eigenvalue weighted by atomic mass is 9.99. The number of amides is 1. The second-order valence-corrected chi connectivity index (χ2v) is 9.66. The van der Waals surface area contributed by atoms with Crippen molar-refractivity contribution in [2.45, 2.75) is 37.9 Å². The van der Waals surface area contributed by atoms with Gasteiger partial charge in [0, 0.05) is 25.3 Å². The van der Waals surface area contributed by atoms with E-state index in [4.69, 9.17) is 0 Å². The van der Waals surface area contributed by atoms with E-state index >= 15 is 0 Å². The first-order chi connectivity index (χ1) is 17.2. The summed E-state index contributed by atoms with van der Waals surface area (Å²) >= 11 is 1.12. The number of fused-ring (bicyclic) bond motifs is 1. The van der Waals surface area contributed by atoms with E-state index in [0.717, 1.165) is 22.7 Å². The van der Waals surface area contributed by atoms with E-state index in [9.17, 15) is 18.8 Å². The number of carbonyl (C=O) groups is 1. The number of nitrogens with one attached hydrogen (secondary N) is 1. The molecule has 36 heavy (non-hydrogen) atoms. The molecule has 0 radical (unpaired) electrons. The predicted octanol–water partition coefficient (Wildman–Crippen LogP) is 3.87. The lowest BCUT2D eigenvalue weighted by Gasteiger charge is -2.11. The van der Waals surface area contributed by atoms with Crippen LogP contribution in [-0.2, 0) is 25.4 Å². The summed E-state index contributed by atoms with van der Waals surface area (Å²) in [6.07, 6.45) is 1.03. The first kappa shape index (κ1) is 25.4. The van der Waals surface area contributed by atoms with Gasteiger partial charge in [-0.2, -0.15) is 0 Å². The Kier molecular flexibility index (Phi) is 7.44. The highest BCUT2D eigenvalue weighted by Crippen LogP contribution is 2.25. The number of imidazole rings is 1. The minimum atomic E-state index is -0.533. The highest BCUT2D eigenvalue weighted by Gasteiger charge is 2.21. The smallest absolute Gasteiger partial charge is 0.325 e. The molecule has 0 bridgehead atoms. The summed E-state index contributed by atoms with van der Waals surface area (Å²) in [5.41, 5.74) is 1.56. The first-order valence-corrected chi connectivity index (χ1v) is 12.6. The van der Waals surface area contributed by atoms with Crippen molar-refractivity contribution in [1.82, 2.24) is 18.7 Å². The van der Waals surface area contributed by atoms with Gasteiger partial charge in [-0.3, -0.25) is 18.7 Å². The van der Waals surface area contributed by atoms with Crippen molar-refractivity contribution in [2.24, 2.45) is 14.1 Å². The molecule has 2 aromatic carbocycles. The molecule has 2 aromatic heterocycles. The molecule has 8 nitrogen and oxygen atoms in total. The van der Waals surface area contributed by atoms with Crippen LogP contribution < -0.4 is 16.6 Å². The van der Waals surface area contributed by atoms with Gasteiger partial charge in [0.15, 0.2) is 16.3 Å². The van der Waals surface area contributed by atoms with Gasteiger partial charge in [0.1, 0.15) is 5.82 Å². The highest BCUT2D eigenvalue weighted by molar-refractivity contribution is 7.99. The maximum Gasteiger partial charge on any atom is 0.332 e. The molecule has 188 valence electrons. The molecule has 1 amide bonds. The lowest BCUT2D eigenvalue weighted by molar-refractivity contribution is -0.113. The molecule has 0 spiro atoms. The molecule has 1 atom stereocenters. The fourth-order valence-electron chi connectivity index (χ4n) is 3.94. The van der Waals surface area contributed by atoms with Crippen molar-refractivity contribution < 1.29 is 9.18 Å². The Morgan fingerprint density at radius 3 is 2.44 bits per heavy atom. The number of benzene rings is 2. The van der Waals surface area contributed by atoms with Crippen LogP contribution in [0, 0.1) is 5.82 Å². The molecule has 10 heteroatoms. The summed E-state index contributed by atoms with van der Waals surface area (Å²) in [6, 6.07) is 14.0. The third-order valence-corrected chi connectivity index (χ3v) is 7.28. The SMILES string of the molecule is CC[C@H](C)c1ccc(NC(=O)CSc2nc3c(c(=O)n(C)c(=O)n3C)n2Cc2ccccc2F)cc1. The maximum atomic E-state index is 14.5. The number of anilines is 1. The molecule has 0 saturated carbocycles. The average molecular weight is 510 g/mol. The number of thioether (sulfide) groups is 1. The standard InChI is InChI=1S/C26H28FN5O3S/c1-5-16(2)17-10-12-19(13-11-17)28-21(33)15-36-25-29-23-22(24(34)31(4)26(35)30(23)3)32(25)14-18-8-6-7-9-20(18)27/h6-13,16H,5,14-15H2,1-4H3,(H,28,33)/t16-/m0/s1. The van der Waals surface area contributed by atoms with Crippen molar-refractivity contribution >= 4 is 34.5 Å². The molecule has 0 aliphatic carbocycles. The molecular formula is C26H28FN5O3S. The number of halogens is 1. The fraction of sp³-hybridized carbons (Fsp3) is 0.308. The Labute approximate surface area is 211 Å². The largest absolute Gasteiger partial charge is 0.332 e. The van der Waals surface area contributed by atoms with Gasteiger partial charge in [-0.15, -0.1) is 0 Å². The number of nitrogens with zero attached hydrogens (tertiary/aromatic N) is 4. The van der Waals surface area contributed by atoms with Gasteiger partial charge < -0.3 is 9.88 Å². The Hall–Kier alpha value is -3.66. The normalized spacial score (nSPS) is 12.1. The summed E-state index contributed by atoms with van der Waals surface area (Å²) < 4.78 is 18.3. The molecule has 4 rings (SSSR count). The van der Waals surface area contributed by atoms with Crippen molar-refractivity contribution in [3.8, 4) is 0 Å². The van der Waals surface area contributed by atoms with E-state index in [-0.39, 0.29) is 29.4 Å². The molecule has 0 unspecified atom stereocenters. The second-order valence-electron chi connectivity index (χ2n) is 8.72. The Morgan fingerprint density at radius 2 is 1.78 bits per heavy atom. The zero-order valence-corrected chi connectivity index (χ0v) is 21.4. The number of aryl methyl sites for hydroxylation is 1. The van der Waals surface area contributed by atoms with Gasteiger partial charge in [0.05, 0.1) is 12.3 Å². The molecule has 2 heterocycles. The first-order valence-electron chi connectivity index (χ1n) is 11.6. The quantitative estimate of drug-likeness (QED) is 0.364. The predicted molar refractivity (Wildman–Crippen MR) is 140 cm³/mol. The minimum absolute atomic E-state index is 0.0158. The van der Waals surface area contributed by atoms with Crippen LogP contribution in [0.3, 0.4) is 0 Å². The summed E-state index contributed by atoms with van der Waals surface area (Å²) in [5, 5.41) is 3.21. The fourth-order valence-corrected chi connectivity index (χ4v) is 4.73. The Morgan fingerprint density at radius 1 is 1.08 bits per heavy atom. The van der Waals surface area contributed by atoms with Crippen molar-refractivity contribution in [3.05, 3.63) is 86.3 Å². The van der Waals surface area contributed by atoms with Crippen LogP contribution in [-0.4, -0.2) is 30.3 Å². The van der Waals surface area contributed by atoms with Gasteiger partial charge >= 0.3 is 5.69 Å². The van der Waals surface area contributed by atoms with E-state index in [0.29, 0.717) is 22.3 Å². The molecule has 0 aliphatic heterocycles. The maximum absolute atomic E-state index is 14.5. The molecule has 4 aromatic rings. The van der Waals surface area contributed by atoms with Gasteiger partial charge in [0.25, 0.3) is 5.56 Å². The summed E-state index contributed by atoms with van der Waals surface area (Å²) in [5.74, 6) is -0.211. The number of carbonyl (C=O) groups excluding carboxylic acids is 1. The van der Waals surface area contributed by atoms with Crippen LogP contribution in [0.5, 0.6) is 0 Å². The zero-order valence-electron chi connectivity index (χ0n) is 20.6. The number of rotatable bonds is 8.